The molecule has 1 heterocycles. The van der Waals surface area contributed by atoms with Crippen molar-refractivity contribution >= 4 is 22.4 Å². The molecule has 3 aromatic rings. The van der Waals surface area contributed by atoms with E-state index < -0.39 is 0 Å². The third-order valence-corrected chi connectivity index (χ3v) is 3.35. The number of hydrogen-bond donors (Lipinski definition) is 0. The normalized spacial score (nSPS) is 11.0. The first-order chi connectivity index (χ1) is 10.2. The summed E-state index contributed by atoms with van der Waals surface area (Å²) in [5, 5.41) is 1.62. The molecule has 21 heavy (non-hydrogen) atoms. The van der Waals surface area contributed by atoms with E-state index in [1.165, 1.54) is 6.07 Å². The Labute approximate surface area is 126 Å². The van der Waals surface area contributed by atoms with E-state index in [4.69, 9.17) is 16.3 Å². The number of fused-ring (bicyclic) bond motifs is 1. The first-order valence-electron chi connectivity index (χ1n) is 6.39. The minimum absolute atomic E-state index is 0.270. The maximum atomic E-state index is 13.9. The van der Waals surface area contributed by atoms with Crippen LogP contribution in [0.4, 0.5) is 4.39 Å². The van der Waals surface area contributed by atoms with Gasteiger partial charge in [0.2, 0.25) is 0 Å². The van der Waals surface area contributed by atoms with Gasteiger partial charge in [0.15, 0.2) is 5.82 Å². The van der Waals surface area contributed by atoms with Gasteiger partial charge in [0.25, 0.3) is 0 Å². The lowest BCUT2D eigenvalue weighted by Gasteiger charge is -2.08. The summed E-state index contributed by atoms with van der Waals surface area (Å²) >= 11 is 6.04. The minimum Gasteiger partial charge on any atom is -0.378 e. The van der Waals surface area contributed by atoms with E-state index in [1.54, 1.807) is 31.4 Å². The van der Waals surface area contributed by atoms with Crippen molar-refractivity contribution < 1.29 is 9.13 Å². The summed E-state index contributed by atoms with van der Waals surface area (Å²) in [7, 11) is 1.59. The molecule has 0 atom stereocenters. The highest BCUT2D eigenvalue weighted by Gasteiger charge is 2.11. The SMILES string of the molecule is COCc1cc(Cl)nc(-c2ccc(F)c3ccccc23)n1. The van der Waals surface area contributed by atoms with Crippen LogP contribution >= 0.6 is 11.6 Å². The first-order valence-corrected chi connectivity index (χ1v) is 6.77. The zero-order valence-electron chi connectivity index (χ0n) is 11.3. The summed E-state index contributed by atoms with van der Waals surface area (Å²) in [5.41, 5.74) is 1.42. The van der Waals surface area contributed by atoms with E-state index >= 15 is 0 Å². The van der Waals surface area contributed by atoms with Gasteiger partial charge in [-0.1, -0.05) is 35.9 Å². The lowest BCUT2D eigenvalue weighted by Crippen LogP contribution is -1.98. The van der Waals surface area contributed by atoms with Gasteiger partial charge in [-0.25, -0.2) is 14.4 Å². The third-order valence-electron chi connectivity index (χ3n) is 3.15. The second-order valence-electron chi connectivity index (χ2n) is 4.58. The molecular weight excluding hydrogens is 291 g/mol. The van der Waals surface area contributed by atoms with Crippen molar-refractivity contribution in [2.75, 3.05) is 7.11 Å². The molecule has 0 N–H and O–H groups in total. The van der Waals surface area contributed by atoms with Gasteiger partial charge in [-0.2, -0.15) is 0 Å². The van der Waals surface area contributed by atoms with E-state index in [9.17, 15) is 4.39 Å². The highest BCUT2D eigenvalue weighted by atomic mass is 35.5. The Balaban J connectivity index is 2.23. The molecule has 0 unspecified atom stereocenters. The van der Waals surface area contributed by atoms with Crippen LogP contribution in [0.25, 0.3) is 22.2 Å². The summed E-state index contributed by atoms with van der Waals surface area (Å²) in [4.78, 5) is 8.67. The molecule has 0 saturated heterocycles. The largest absolute Gasteiger partial charge is 0.378 e. The Morgan fingerprint density at radius 1 is 1.10 bits per heavy atom. The average molecular weight is 303 g/mol. The van der Waals surface area contributed by atoms with E-state index in [0.29, 0.717) is 28.7 Å². The standard InChI is InChI=1S/C16H12ClFN2O/c1-21-9-10-8-15(17)20-16(19-10)13-6-7-14(18)12-5-3-2-4-11(12)13/h2-8H,9H2,1H3. The topological polar surface area (TPSA) is 35.0 Å². The summed E-state index contributed by atoms with van der Waals surface area (Å²) in [6, 6.07) is 12.0. The second kappa shape index (κ2) is 5.76. The quantitative estimate of drug-likeness (QED) is 0.679. The number of methoxy groups -OCH3 is 1. The summed E-state index contributed by atoms with van der Waals surface area (Å²) in [5.74, 6) is 0.194. The van der Waals surface area contributed by atoms with Gasteiger partial charge in [0.05, 0.1) is 12.3 Å². The van der Waals surface area contributed by atoms with Crippen molar-refractivity contribution in [2.24, 2.45) is 0 Å². The molecule has 0 fully saturated rings. The summed E-state index contributed by atoms with van der Waals surface area (Å²) < 4.78 is 18.9. The fourth-order valence-electron chi connectivity index (χ4n) is 2.26. The molecule has 0 amide bonds. The second-order valence-corrected chi connectivity index (χ2v) is 4.97. The number of benzene rings is 2. The molecule has 1 aromatic heterocycles. The fourth-order valence-corrected chi connectivity index (χ4v) is 2.47. The molecule has 0 bridgehead atoms. The summed E-state index contributed by atoms with van der Waals surface area (Å²) in [6.45, 7) is 0.342. The third kappa shape index (κ3) is 2.73. The highest BCUT2D eigenvalue weighted by molar-refractivity contribution is 6.29. The van der Waals surface area contributed by atoms with Crippen LogP contribution in [0.3, 0.4) is 0 Å². The van der Waals surface area contributed by atoms with E-state index in [2.05, 4.69) is 9.97 Å². The molecule has 0 spiro atoms. The molecule has 0 aliphatic rings. The molecule has 0 aliphatic carbocycles. The molecule has 0 aliphatic heterocycles. The molecule has 3 rings (SSSR count). The number of rotatable bonds is 3. The maximum absolute atomic E-state index is 13.9. The Kier molecular flexibility index (Phi) is 3.82. The lowest BCUT2D eigenvalue weighted by molar-refractivity contribution is 0.181. The molecule has 0 saturated carbocycles. The van der Waals surface area contributed by atoms with Crippen LogP contribution in [0.5, 0.6) is 0 Å². The Bertz CT molecular complexity index is 807. The maximum Gasteiger partial charge on any atom is 0.161 e. The van der Waals surface area contributed by atoms with Crippen molar-refractivity contribution in [1.29, 1.82) is 0 Å². The van der Waals surface area contributed by atoms with Crippen LogP contribution in [-0.4, -0.2) is 17.1 Å². The van der Waals surface area contributed by atoms with Gasteiger partial charge in [-0.05, 0) is 23.6 Å². The molecule has 5 heteroatoms. The number of ether oxygens (including phenoxy) is 1. The monoisotopic (exact) mass is 302 g/mol. The molecular formula is C16H12ClFN2O. The predicted octanol–water partition coefficient (Wildman–Crippen LogP) is 4.24. The Morgan fingerprint density at radius 2 is 1.86 bits per heavy atom. The smallest absolute Gasteiger partial charge is 0.161 e. The van der Waals surface area contributed by atoms with Crippen LogP contribution < -0.4 is 0 Å². The number of hydrogen-bond acceptors (Lipinski definition) is 3. The zero-order chi connectivity index (χ0) is 14.8. The zero-order valence-corrected chi connectivity index (χ0v) is 12.1. The van der Waals surface area contributed by atoms with E-state index in [1.807, 2.05) is 12.1 Å². The molecule has 2 aromatic carbocycles. The van der Waals surface area contributed by atoms with E-state index in [-0.39, 0.29) is 5.82 Å². The van der Waals surface area contributed by atoms with Gasteiger partial charge < -0.3 is 4.74 Å². The predicted molar refractivity (Wildman–Crippen MR) is 80.7 cm³/mol. The highest BCUT2D eigenvalue weighted by Crippen LogP contribution is 2.29. The van der Waals surface area contributed by atoms with Gasteiger partial charge >= 0.3 is 0 Å². The van der Waals surface area contributed by atoms with Crippen LogP contribution in [0, 0.1) is 5.82 Å². The molecule has 0 radical (unpaired) electrons. The lowest BCUT2D eigenvalue weighted by atomic mass is 10.0. The van der Waals surface area contributed by atoms with Crippen LogP contribution in [0.1, 0.15) is 5.69 Å². The van der Waals surface area contributed by atoms with Gasteiger partial charge in [-0.3, -0.25) is 0 Å². The van der Waals surface area contributed by atoms with Gasteiger partial charge in [-0.15, -0.1) is 0 Å². The Hall–Kier alpha value is -2.04. The minimum atomic E-state index is -0.270. The van der Waals surface area contributed by atoms with Crippen LogP contribution in [-0.2, 0) is 11.3 Å². The Morgan fingerprint density at radius 3 is 2.62 bits per heavy atom. The number of nitrogens with zero attached hydrogens (tertiary/aromatic N) is 2. The molecule has 3 nitrogen and oxygen atoms in total. The molecule has 106 valence electrons. The van der Waals surface area contributed by atoms with Gasteiger partial charge in [0, 0.05) is 18.1 Å². The van der Waals surface area contributed by atoms with Crippen molar-refractivity contribution in [3.05, 3.63) is 59.1 Å². The van der Waals surface area contributed by atoms with E-state index in [0.717, 1.165) is 10.9 Å². The summed E-state index contributed by atoms with van der Waals surface area (Å²) in [6.07, 6.45) is 0. The van der Waals surface area contributed by atoms with Gasteiger partial charge in [0.1, 0.15) is 11.0 Å². The number of halogens is 2. The van der Waals surface area contributed by atoms with Crippen molar-refractivity contribution in [3.63, 3.8) is 0 Å². The average Bonchev–Trinajstić information content (AvgIpc) is 2.47. The van der Waals surface area contributed by atoms with Crippen LogP contribution in [0.15, 0.2) is 42.5 Å². The van der Waals surface area contributed by atoms with Crippen molar-refractivity contribution in [2.45, 2.75) is 6.61 Å². The number of aromatic nitrogens is 2. The van der Waals surface area contributed by atoms with Crippen molar-refractivity contribution in [1.82, 2.24) is 9.97 Å². The first kappa shape index (κ1) is 13.9. The van der Waals surface area contributed by atoms with Crippen molar-refractivity contribution in [3.8, 4) is 11.4 Å². The fraction of sp³-hybridized carbons (Fsp3) is 0.125. The van der Waals surface area contributed by atoms with Crippen LogP contribution in [0.2, 0.25) is 5.15 Å².